The van der Waals surface area contributed by atoms with Gasteiger partial charge in [-0.15, -0.1) is 0 Å². The van der Waals surface area contributed by atoms with E-state index in [4.69, 9.17) is 4.74 Å². The van der Waals surface area contributed by atoms with Crippen LogP contribution in [-0.4, -0.2) is 34.1 Å². The quantitative estimate of drug-likeness (QED) is 0.705. The molecule has 0 saturated carbocycles. The molecule has 0 aliphatic carbocycles. The lowest BCUT2D eigenvalue weighted by Gasteiger charge is -2.10. The SMILES string of the molecule is COc1ccc2[nH]cc(CCNC(=O)Cn3c(C)cc(C)nc3=O)c2c1. The van der Waals surface area contributed by atoms with Crippen molar-refractivity contribution in [2.24, 2.45) is 0 Å². The minimum Gasteiger partial charge on any atom is -0.497 e. The first-order chi connectivity index (χ1) is 12.5. The minimum atomic E-state index is -0.402. The molecule has 3 aromatic rings. The molecular weight excluding hydrogens is 332 g/mol. The van der Waals surface area contributed by atoms with Gasteiger partial charge in [-0.2, -0.15) is 4.98 Å². The zero-order valence-corrected chi connectivity index (χ0v) is 15.1. The largest absolute Gasteiger partial charge is 0.497 e. The highest BCUT2D eigenvalue weighted by molar-refractivity contribution is 5.84. The molecule has 7 heteroatoms. The number of nitrogens with one attached hydrogen (secondary N) is 2. The molecule has 3 rings (SSSR count). The Labute approximate surface area is 151 Å². The number of benzene rings is 1. The van der Waals surface area contributed by atoms with Crippen LogP contribution in [0.2, 0.25) is 0 Å². The van der Waals surface area contributed by atoms with Gasteiger partial charge in [0.05, 0.1) is 7.11 Å². The number of aromatic nitrogens is 3. The predicted octanol–water partition coefficient (Wildman–Crippen LogP) is 1.71. The van der Waals surface area contributed by atoms with Crippen molar-refractivity contribution in [1.82, 2.24) is 19.9 Å². The van der Waals surface area contributed by atoms with Crippen LogP contribution in [0.1, 0.15) is 17.0 Å². The third kappa shape index (κ3) is 3.77. The molecule has 7 nitrogen and oxygen atoms in total. The number of carbonyl (C=O) groups excluding carboxylic acids is 1. The van der Waals surface area contributed by atoms with E-state index in [1.165, 1.54) is 4.57 Å². The molecule has 0 spiro atoms. The third-order valence-electron chi connectivity index (χ3n) is 4.34. The molecule has 0 aliphatic heterocycles. The van der Waals surface area contributed by atoms with Gasteiger partial charge < -0.3 is 15.0 Å². The van der Waals surface area contributed by atoms with Gasteiger partial charge in [-0.1, -0.05) is 0 Å². The fourth-order valence-electron chi connectivity index (χ4n) is 2.99. The zero-order chi connectivity index (χ0) is 18.7. The summed E-state index contributed by atoms with van der Waals surface area (Å²) in [5, 5.41) is 3.94. The summed E-state index contributed by atoms with van der Waals surface area (Å²) in [6.45, 7) is 4.01. The molecule has 0 aliphatic rings. The second-order valence-electron chi connectivity index (χ2n) is 6.23. The van der Waals surface area contributed by atoms with Crippen LogP contribution < -0.4 is 15.7 Å². The highest BCUT2D eigenvalue weighted by Crippen LogP contribution is 2.23. The van der Waals surface area contributed by atoms with Crippen molar-refractivity contribution in [1.29, 1.82) is 0 Å². The second-order valence-corrected chi connectivity index (χ2v) is 6.23. The van der Waals surface area contributed by atoms with Gasteiger partial charge in [-0.05, 0) is 50.1 Å². The summed E-state index contributed by atoms with van der Waals surface area (Å²) in [6.07, 6.45) is 2.62. The first-order valence-electron chi connectivity index (χ1n) is 8.43. The molecule has 2 aromatic heterocycles. The first kappa shape index (κ1) is 17.7. The average molecular weight is 354 g/mol. The third-order valence-corrected chi connectivity index (χ3v) is 4.34. The van der Waals surface area contributed by atoms with Crippen molar-refractivity contribution in [2.45, 2.75) is 26.8 Å². The van der Waals surface area contributed by atoms with Crippen molar-refractivity contribution in [3.63, 3.8) is 0 Å². The van der Waals surface area contributed by atoms with E-state index in [0.717, 1.165) is 27.9 Å². The van der Waals surface area contributed by atoms with Crippen LogP contribution in [0.4, 0.5) is 0 Å². The number of rotatable bonds is 6. The lowest BCUT2D eigenvalue weighted by atomic mass is 10.1. The lowest BCUT2D eigenvalue weighted by Crippen LogP contribution is -2.35. The Morgan fingerprint density at radius 3 is 2.85 bits per heavy atom. The molecule has 0 fully saturated rings. The van der Waals surface area contributed by atoms with Gasteiger partial charge in [0.25, 0.3) is 0 Å². The van der Waals surface area contributed by atoms with Crippen molar-refractivity contribution >= 4 is 16.8 Å². The Hall–Kier alpha value is -3.09. The Balaban J connectivity index is 1.62. The monoisotopic (exact) mass is 354 g/mol. The van der Waals surface area contributed by atoms with E-state index in [2.05, 4.69) is 15.3 Å². The van der Waals surface area contributed by atoms with Crippen LogP contribution in [0, 0.1) is 13.8 Å². The fourth-order valence-corrected chi connectivity index (χ4v) is 2.99. The number of hydrogen-bond donors (Lipinski definition) is 2. The topological polar surface area (TPSA) is 89.0 Å². The molecule has 26 heavy (non-hydrogen) atoms. The molecule has 2 N–H and O–H groups in total. The van der Waals surface area contributed by atoms with E-state index in [1.807, 2.05) is 24.4 Å². The van der Waals surface area contributed by atoms with E-state index in [0.29, 0.717) is 18.7 Å². The van der Waals surface area contributed by atoms with Gasteiger partial charge in [0, 0.05) is 35.0 Å². The Morgan fingerprint density at radius 2 is 2.12 bits per heavy atom. The number of aryl methyl sites for hydroxylation is 2. The molecular formula is C19H22N4O3. The normalized spacial score (nSPS) is 10.9. The zero-order valence-electron chi connectivity index (χ0n) is 15.1. The van der Waals surface area contributed by atoms with Gasteiger partial charge in [0.15, 0.2) is 0 Å². The summed E-state index contributed by atoms with van der Waals surface area (Å²) >= 11 is 0. The molecule has 136 valence electrons. The maximum absolute atomic E-state index is 12.2. The van der Waals surface area contributed by atoms with E-state index in [9.17, 15) is 9.59 Å². The molecule has 1 amide bonds. The summed E-state index contributed by atoms with van der Waals surface area (Å²) in [7, 11) is 1.64. The Kier molecular flexibility index (Phi) is 5.06. The number of amides is 1. The number of aromatic amines is 1. The van der Waals surface area contributed by atoms with Gasteiger partial charge in [0.2, 0.25) is 5.91 Å². The number of nitrogens with zero attached hydrogens (tertiary/aromatic N) is 2. The number of fused-ring (bicyclic) bond motifs is 1. The summed E-state index contributed by atoms with van der Waals surface area (Å²) in [6, 6.07) is 7.63. The van der Waals surface area contributed by atoms with Gasteiger partial charge in [-0.3, -0.25) is 9.36 Å². The molecule has 0 unspecified atom stereocenters. The van der Waals surface area contributed by atoms with Gasteiger partial charge >= 0.3 is 5.69 Å². The molecule has 0 saturated heterocycles. The number of carbonyl (C=O) groups is 1. The maximum Gasteiger partial charge on any atom is 0.348 e. The Morgan fingerprint density at radius 1 is 1.31 bits per heavy atom. The van der Waals surface area contributed by atoms with E-state index >= 15 is 0 Å². The van der Waals surface area contributed by atoms with E-state index in [1.54, 1.807) is 27.0 Å². The van der Waals surface area contributed by atoms with Crippen LogP contribution in [0.25, 0.3) is 10.9 Å². The lowest BCUT2D eigenvalue weighted by molar-refractivity contribution is -0.121. The number of H-pyrrole nitrogens is 1. The maximum atomic E-state index is 12.2. The van der Waals surface area contributed by atoms with Crippen molar-refractivity contribution < 1.29 is 9.53 Å². The number of hydrogen-bond acceptors (Lipinski definition) is 4. The average Bonchev–Trinajstić information content (AvgIpc) is 3.00. The summed E-state index contributed by atoms with van der Waals surface area (Å²) < 4.78 is 6.64. The molecule has 0 bridgehead atoms. The molecule has 0 radical (unpaired) electrons. The molecule has 1 aromatic carbocycles. The summed E-state index contributed by atoms with van der Waals surface area (Å²) in [5.41, 5.74) is 3.10. The van der Waals surface area contributed by atoms with Crippen LogP contribution in [0.3, 0.4) is 0 Å². The van der Waals surface area contributed by atoms with Crippen molar-refractivity contribution in [3.05, 3.63) is 57.9 Å². The first-order valence-corrected chi connectivity index (χ1v) is 8.43. The summed E-state index contributed by atoms with van der Waals surface area (Å²) in [5.74, 6) is 0.586. The molecule has 2 heterocycles. The van der Waals surface area contributed by atoms with E-state index in [-0.39, 0.29) is 12.5 Å². The van der Waals surface area contributed by atoms with Crippen molar-refractivity contribution in [3.8, 4) is 5.75 Å². The second kappa shape index (κ2) is 7.43. The Bertz CT molecular complexity index is 1000. The fraction of sp³-hybridized carbons (Fsp3) is 0.316. The van der Waals surface area contributed by atoms with Gasteiger partial charge in [-0.25, -0.2) is 4.79 Å². The minimum absolute atomic E-state index is 0.0281. The van der Waals surface area contributed by atoms with Crippen LogP contribution in [-0.2, 0) is 17.8 Å². The predicted molar refractivity (Wildman–Crippen MR) is 99.5 cm³/mol. The highest BCUT2D eigenvalue weighted by Gasteiger charge is 2.09. The highest BCUT2D eigenvalue weighted by atomic mass is 16.5. The number of ether oxygens (including phenoxy) is 1. The smallest absolute Gasteiger partial charge is 0.348 e. The van der Waals surface area contributed by atoms with Crippen LogP contribution >= 0.6 is 0 Å². The van der Waals surface area contributed by atoms with Crippen LogP contribution in [0.15, 0.2) is 35.3 Å². The van der Waals surface area contributed by atoms with E-state index < -0.39 is 5.69 Å². The number of methoxy groups -OCH3 is 1. The van der Waals surface area contributed by atoms with Crippen molar-refractivity contribution in [2.75, 3.05) is 13.7 Å². The van der Waals surface area contributed by atoms with Crippen LogP contribution in [0.5, 0.6) is 5.75 Å². The molecule has 0 atom stereocenters. The van der Waals surface area contributed by atoms with Gasteiger partial charge in [0.1, 0.15) is 12.3 Å². The standard InChI is InChI=1S/C19H22N4O3/c1-12-8-13(2)23(19(25)22-12)11-18(24)20-7-6-14-10-21-17-5-4-15(26-3)9-16(14)17/h4-5,8-10,21H,6-7,11H2,1-3H3,(H,20,24). The summed E-state index contributed by atoms with van der Waals surface area (Å²) in [4.78, 5) is 31.2.